The molecule has 0 aromatic heterocycles. The van der Waals surface area contributed by atoms with E-state index in [9.17, 15) is 13.6 Å². The van der Waals surface area contributed by atoms with Crippen molar-refractivity contribution in [2.45, 2.75) is 76.2 Å². The molecule has 2 unspecified atom stereocenters. The average Bonchev–Trinajstić information content (AvgIpc) is 2.65. The van der Waals surface area contributed by atoms with Crippen molar-refractivity contribution in [3.63, 3.8) is 0 Å². The number of benzene rings is 1. The van der Waals surface area contributed by atoms with Gasteiger partial charge in [-0.1, -0.05) is 37.8 Å². The first-order valence-electron chi connectivity index (χ1n) is 10.3. The molecule has 2 aliphatic rings. The molecule has 2 fully saturated rings. The number of nitrogens with one attached hydrogen (secondary N) is 1. The molecule has 0 radical (unpaired) electrons. The van der Waals surface area contributed by atoms with E-state index in [1.54, 1.807) is 31.4 Å². The first kappa shape index (κ1) is 20.1. The number of alkyl halides is 2. The van der Waals surface area contributed by atoms with Crippen molar-refractivity contribution in [2.75, 3.05) is 7.11 Å². The fraction of sp³-hybridized carbons (Fsp3) is 0.682. The molecule has 2 saturated carbocycles. The van der Waals surface area contributed by atoms with E-state index >= 15 is 0 Å². The number of hydrogen-bond donors (Lipinski definition) is 1. The summed E-state index contributed by atoms with van der Waals surface area (Å²) in [6, 6.07) is 6.77. The van der Waals surface area contributed by atoms with Crippen molar-refractivity contribution < 1.29 is 18.3 Å². The van der Waals surface area contributed by atoms with Gasteiger partial charge in [0.1, 0.15) is 5.75 Å². The van der Waals surface area contributed by atoms with Gasteiger partial charge < -0.3 is 10.1 Å². The van der Waals surface area contributed by atoms with Crippen molar-refractivity contribution in [3.05, 3.63) is 29.8 Å². The highest BCUT2D eigenvalue weighted by molar-refractivity contribution is 5.77. The van der Waals surface area contributed by atoms with Gasteiger partial charge in [-0.05, 0) is 55.2 Å². The van der Waals surface area contributed by atoms with Gasteiger partial charge in [-0.2, -0.15) is 0 Å². The van der Waals surface area contributed by atoms with E-state index in [1.165, 1.54) is 25.7 Å². The Balaban J connectivity index is 1.64. The summed E-state index contributed by atoms with van der Waals surface area (Å²) in [5.74, 6) is 0.350. The average molecular weight is 379 g/mol. The van der Waals surface area contributed by atoms with Crippen molar-refractivity contribution >= 4 is 5.91 Å². The fourth-order valence-corrected chi connectivity index (χ4v) is 4.56. The van der Waals surface area contributed by atoms with Crippen LogP contribution in [0.15, 0.2) is 24.3 Å². The van der Waals surface area contributed by atoms with E-state index in [-0.39, 0.29) is 18.4 Å². The number of methoxy groups -OCH3 is 1. The lowest BCUT2D eigenvalue weighted by molar-refractivity contribution is -0.124. The second-order valence-corrected chi connectivity index (χ2v) is 8.10. The largest absolute Gasteiger partial charge is 0.497 e. The lowest BCUT2D eigenvalue weighted by Gasteiger charge is -2.41. The molecule has 0 aliphatic heterocycles. The number of ether oxygens (including phenoxy) is 1. The van der Waals surface area contributed by atoms with Crippen molar-refractivity contribution in [3.8, 4) is 5.75 Å². The number of amides is 1. The van der Waals surface area contributed by atoms with Gasteiger partial charge in [0.15, 0.2) is 0 Å². The Morgan fingerprint density at radius 2 is 1.63 bits per heavy atom. The van der Waals surface area contributed by atoms with Gasteiger partial charge in [0, 0.05) is 12.5 Å². The summed E-state index contributed by atoms with van der Waals surface area (Å²) in [5, 5.41) is 3.17. The van der Waals surface area contributed by atoms with Crippen LogP contribution in [-0.2, 0) is 4.79 Å². The highest BCUT2D eigenvalue weighted by atomic mass is 19.3. The molecule has 1 N–H and O–H groups in total. The van der Waals surface area contributed by atoms with Gasteiger partial charge >= 0.3 is 0 Å². The molecular formula is C22H31F2NO2. The zero-order chi connectivity index (χ0) is 19.2. The predicted molar refractivity (Wildman–Crippen MR) is 102 cm³/mol. The standard InChI is InChI=1S/C22H31F2NO2/c1-27-18-12-10-15(11-13-18)19(22(23)24)14-20(26)25-21(17-8-5-9-17)16-6-3-2-4-7-16/h10-13,16-17,19,21-22H,2-9,14H2,1H3,(H,25,26). The van der Waals surface area contributed by atoms with Crippen LogP contribution in [0.25, 0.3) is 0 Å². The number of halogens is 2. The second-order valence-electron chi connectivity index (χ2n) is 8.10. The summed E-state index contributed by atoms with van der Waals surface area (Å²) in [7, 11) is 1.54. The van der Waals surface area contributed by atoms with E-state index in [2.05, 4.69) is 5.32 Å². The van der Waals surface area contributed by atoms with Gasteiger partial charge in [0.25, 0.3) is 0 Å². The van der Waals surface area contributed by atoms with Gasteiger partial charge in [-0.25, -0.2) is 8.78 Å². The molecular weight excluding hydrogens is 348 g/mol. The number of rotatable bonds is 8. The van der Waals surface area contributed by atoms with E-state index in [0.717, 1.165) is 25.7 Å². The Hall–Kier alpha value is -1.65. The van der Waals surface area contributed by atoms with Gasteiger partial charge in [-0.3, -0.25) is 4.79 Å². The van der Waals surface area contributed by atoms with Crippen LogP contribution in [0.5, 0.6) is 5.75 Å². The first-order valence-corrected chi connectivity index (χ1v) is 10.3. The molecule has 0 saturated heterocycles. The quantitative estimate of drug-likeness (QED) is 0.666. The van der Waals surface area contributed by atoms with Crippen LogP contribution >= 0.6 is 0 Å². The highest BCUT2D eigenvalue weighted by Crippen LogP contribution is 2.38. The van der Waals surface area contributed by atoms with Crippen LogP contribution < -0.4 is 10.1 Å². The summed E-state index contributed by atoms with van der Waals surface area (Å²) < 4.78 is 32.4. The number of hydrogen-bond acceptors (Lipinski definition) is 2. The van der Waals surface area contributed by atoms with Crippen LogP contribution in [0.1, 0.15) is 69.3 Å². The Labute approximate surface area is 160 Å². The Morgan fingerprint density at radius 1 is 1.04 bits per heavy atom. The molecule has 5 heteroatoms. The van der Waals surface area contributed by atoms with E-state index in [4.69, 9.17) is 4.74 Å². The molecule has 0 heterocycles. The fourth-order valence-electron chi connectivity index (χ4n) is 4.56. The van der Waals surface area contributed by atoms with Crippen LogP contribution in [0.2, 0.25) is 0 Å². The maximum absolute atomic E-state index is 13.6. The predicted octanol–water partition coefficient (Wildman–Crippen LogP) is 5.30. The Bertz CT molecular complexity index is 595. The third-order valence-electron chi connectivity index (χ3n) is 6.40. The molecule has 0 bridgehead atoms. The lowest BCUT2D eigenvalue weighted by Crippen LogP contribution is -2.48. The normalized spacial score (nSPS) is 20.7. The molecule has 2 aliphatic carbocycles. The summed E-state index contributed by atoms with van der Waals surface area (Å²) in [6.45, 7) is 0. The van der Waals surface area contributed by atoms with E-state index in [1.807, 2.05) is 0 Å². The first-order chi connectivity index (χ1) is 13.1. The van der Waals surface area contributed by atoms with E-state index < -0.39 is 12.3 Å². The van der Waals surface area contributed by atoms with Crippen LogP contribution in [0, 0.1) is 11.8 Å². The van der Waals surface area contributed by atoms with Crippen molar-refractivity contribution in [1.29, 1.82) is 0 Å². The zero-order valence-corrected chi connectivity index (χ0v) is 16.1. The number of carbonyl (C=O) groups excluding carboxylic acids is 1. The molecule has 0 spiro atoms. The second kappa shape index (κ2) is 9.52. The molecule has 3 nitrogen and oxygen atoms in total. The summed E-state index contributed by atoms with van der Waals surface area (Å²) in [5.41, 5.74) is 0.485. The Morgan fingerprint density at radius 3 is 2.11 bits per heavy atom. The molecule has 1 aromatic carbocycles. The number of carbonyl (C=O) groups is 1. The molecule has 27 heavy (non-hydrogen) atoms. The van der Waals surface area contributed by atoms with Crippen LogP contribution in [-0.4, -0.2) is 25.5 Å². The molecule has 1 aromatic rings. The highest BCUT2D eigenvalue weighted by Gasteiger charge is 2.35. The minimum absolute atomic E-state index is 0.167. The summed E-state index contributed by atoms with van der Waals surface area (Å²) in [4.78, 5) is 12.7. The zero-order valence-electron chi connectivity index (χ0n) is 16.1. The summed E-state index contributed by atoms with van der Waals surface area (Å²) >= 11 is 0. The Kier molecular flexibility index (Phi) is 7.08. The van der Waals surface area contributed by atoms with Gasteiger partial charge in [0.05, 0.1) is 13.0 Å². The van der Waals surface area contributed by atoms with Crippen molar-refractivity contribution in [2.24, 2.45) is 11.8 Å². The smallest absolute Gasteiger partial charge is 0.245 e. The van der Waals surface area contributed by atoms with E-state index in [0.29, 0.717) is 23.1 Å². The SMILES string of the molecule is COc1ccc(C(CC(=O)NC(C2CCCCC2)C2CCC2)C(F)F)cc1. The van der Waals surface area contributed by atoms with Crippen LogP contribution in [0.4, 0.5) is 8.78 Å². The van der Waals surface area contributed by atoms with Gasteiger partial charge in [0.2, 0.25) is 12.3 Å². The minimum Gasteiger partial charge on any atom is -0.497 e. The van der Waals surface area contributed by atoms with Crippen molar-refractivity contribution in [1.82, 2.24) is 5.32 Å². The molecule has 150 valence electrons. The molecule has 3 rings (SSSR count). The van der Waals surface area contributed by atoms with Crippen LogP contribution in [0.3, 0.4) is 0 Å². The minimum atomic E-state index is -2.57. The third kappa shape index (κ3) is 5.20. The maximum Gasteiger partial charge on any atom is 0.245 e. The molecule has 2 atom stereocenters. The maximum atomic E-state index is 13.6. The molecule has 1 amide bonds. The monoisotopic (exact) mass is 379 g/mol. The van der Waals surface area contributed by atoms with Gasteiger partial charge in [-0.15, -0.1) is 0 Å². The lowest BCUT2D eigenvalue weighted by atomic mass is 9.71. The summed E-state index contributed by atoms with van der Waals surface area (Å²) in [6.07, 6.45) is 6.79. The third-order valence-corrected chi connectivity index (χ3v) is 6.40. The topological polar surface area (TPSA) is 38.3 Å².